The van der Waals surface area contributed by atoms with Crippen LogP contribution >= 0.6 is 11.6 Å². The average Bonchev–Trinajstić information content (AvgIpc) is 2.99. The predicted octanol–water partition coefficient (Wildman–Crippen LogP) is 2.74. The zero-order valence-corrected chi connectivity index (χ0v) is 19.3. The third-order valence-corrected chi connectivity index (χ3v) is 4.03. The van der Waals surface area contributed by atoms with E-state index in [9.17, 15) is 19.2 Å². The average molecular weight is 607 g/mol. The third-order valence-electron chi connectivity index (χ3n) is 3.74. The van der Waals surface area contributed by atoms with E-state index >= 15 is 0 Å². The second kappa shape index (κ2) is 9.15. The molecule has 1 atom stereocenters. The molecule has 3 rings (SSSR count). The Kier molecular flexibility index (Phi) is 7.40. The monoisotopic (exact) mass is 606 g/mol. The molecular weight excluding hydrogens is 594 g/mol. The summed E-state index contributed by atoms with van der Waals surface area (Å²) in [5, 5.41) is 13.7. The first-order chi connectivity index (χ1) is 12.4. The number of aromatic nitrogens is 1. The number of carbonyl (C=O) groups excluding carboxylic acids is 2. The molecule has 1 aromatic heterocycles. The molecule has 0 aliphatic carbocycles. The van der Waals surface area contributed by atoms with Gasteiger partial charge < -0.3 is 21.0 Å². The Bertz CT molecular complexity index is 885. The Morgan fingerprint density at radius 2 is 2.19 bits per heavy atom. The summed E-state index contributed by atoms with van der Waals surface area (Å²) in [6, 6.07) is 6.37. The predicted molar refractivity (Wildman–Crippen MR) is 91.6 cm³/mol. The van der Waals surface area contributed by atoms with Crippen LogP contribution in [0.5, 0.6) is 0 Å². The number of nitrogens with zero attached hydrogens (tertiary/aromatic N) is 2. The summed E-state index contributed by atoms with van der Waals surface area (Å²) in [5.41, 5.74) is 7.37. The van der Waals surface area contributed by atoms with Gasteiger partial charge in [0.2, 0.25) is 6.20 Å². The number of ether oxygens (including phenoxy) is 1. The number of cyclic esters (lactones) is 1. The van der Waals surface area contributed by atoms with Crippen LogP contribution in [-0.4, -0.2) is 31.2 Å². The first-order valence-electron chi connectivity index (χ1n) is 7.51. The quantitative estimate of drug-likeness (QED) is 0.328. The van der Waals surface area contributed by atoms with Gasteiger partial charge in [-0.15, -0.1) is 6.54 Å². The van der Waals surface area contributed by atoms with E-state index in [-0.39, 0.29) is 79.2 Å². The number of anilines is 2. The fourth-order valence-corrected chi connectivity index (χ4v) is 2.54. The molecule has 1 fully saturated rings. The Morgan fingerprint density at radius 1 is 1.44 bits per heavy atom. The van der Waals surface area contributed by atoms with Crippen LogP contribution in [0, 0.1) is 55.1 Å². The van der Waals surface area contributed by atoms with E-state index in [0.717, 1.165) is 12.3 Å². The largest absolute Gasteiger partial charge is 0.674 e. The molecule has 1 aliphatic heterocycles. The van der Waals surface area contributed by atoms with Crippen molar-refractivity contribution in [3.8, 4) is 0 Å². The van der Waals surface area contributed by atoms with Crippen molar-refractivity contribution in [2.24, 2.45) is 0 Å². The number of rotatable bonds is 4. The van der Waals surface area contributed by atoms with Gasteiger partial charge in [0.1, 0.15) is 17.6 Å². The van der Waals surface area contributed by atoms with Gasteiger partial charge in [-0.25, -0.2) is 9.18 Å². The van der Waals surface area contributed by atoms with Crippen molar-refractivity contribution in [3.63, 3.8) is 0 Å². The minimum absolute atomic E-state index is 0. The molecule has 11 heteroatoms. The van der Waals surface area contributed by atoms with Crippen LogP contribution < -0.4 is 14.9 Å². The smallest absolute Gasteiger partial charge is 0.414 e. The SMILES string of the molecule is [Ac].[NH-]C[C@H]1CN(c2ccc(C(=O)Nc3ccc(Cl)[n+]([O-])c3)c(F)c2)C(=O)O1. The van der Waals surface area contributed by atoms with Gasteiger partial charge in [-0.3, -0.25) is 9.69 Å². The van der Waals surface area contributed by atoms with Gasteiger partial charge in [0.05, 0.1) is 17.8 Å². The minimum Gasteiger partial charge on any atom is -0.674 e. The van der Waals surface area contributed by atoms with Gasteiger partial charge in [0.25, 0.3) is 11.1 Å². The number of pyridine rings is 1. The summed E-state index contributed by atoms with van der Waals surface area (Å²) in [6.07, 6.45) is -0.189. The summed E-state index contributed by atoms with van der Waals surface area (Å²) in [4.78, 5) is 25.1. The van der Waals surface area contributed by atoms with Gasteiger partial charge in [0, 0.05) is 50.1 Å². The number of halogens is 2. The topological polar surface area (TPSA) is 109 Å². The van der Waals surface area contributed by atoms with Crippen LogP contribution in [0.4, 0.5) is 20.6 Å². The standard InChI is InChI=1S/C16H13ClFN4O4.Ac/c17-14-4-1-9(7-22(14)25)20-15(23)12-3-2-10(5-13(12)18)21-8-11(6-19)26-16(21)24;/h1-5,7,11,19H,6,8H2,(H,20,23);/q-1;/t11-;/m0./s1. The molecule has 0 bridgehead atoms. The van der Waals surface area contributed by atoms with E-state index < -0.39 is 23.9 Å². The summed E-state index contributed by atoms with van der Waals surface area (Å²) >= 11 is 5.60. The number of hydrogen-bond acceptors (Lipinski definition) is 4. The van der Waals surface area contributed by atoms with Crippen LogP contribution in [0.15, 0.2) is 36.5 Å². The van der Waals surface area contributed by atoms with E-state index in [1.807, 2.05) is 0 Å². The number of nitrogens with one attached hydrogen (secondary N) is 2. The van der Waals surface area contributed by atoms with Gasteiger partial charge in [-0.05, 0) is 35.9 Å². The summed E-state index contributed by atoms with van der Waals surface area (Å²) < 4.78 is 19.7. The maximum Gasteiger partial charge on any atom is 0.414 e. The van der Waals surface area contributed by atoms with E-state index in [4.69, 9.17) is 22.1 Å². The molecule has 0 unspecified atom stereocenters. The zero-order chi connectivity index (χ0) is 18.8. The molecule has 2 N–H and O–H groups in total. The molecular formula is C16H13AcClFN4O4-. The normalized spacial score (nSPS) is 15.9. The van der Waals surface area contributed by atoms with Crippen LogP contribution in [0.3, 0.4) is 0 Å². The first kappa shape index (κ1) is 21.8. The summed E-state index contributed by atoms with van der Waals surface area (Å²) in [7, 11) is 0. The molecule has 8 nitrogen and oxygen atoms in total. The summed E-state index contributed by atoms with van der Waals surface area (Å²) in [5.74, 6) is -1.60. The van der Waals surface area contributed by atoms with E-state index in [1.54, 1.807) is 0 Å². The van der Waals surface area contributed by atoms with Crippen molar-refractivity contribution in [2.45, 2.75) is 6.10 Å². The van der Waals surface area contributed by atoms with E-state index in [0.29, 0.717) is 4.73 Å². The molecule has 1 aromatic carbocycles. The molecule has 2 amide bonds. The molecule has 139 valence electrons. The second-order valence-corrected chi connectivity index (χ2v) is 5.89. The van der Waals surface area contributed by atoms with Crippen molar-refractivity contribution in [3.05, 3.63) is 64.0 Å². The molecule has 1 saturated heterocycles. The van der Waals surface area contributed by atoms with Gasteiger partial charge in [0.15, 0.2) is 0 Å². The van der Waals surface area contributed by atoms with Gasteiger partial charge in [-0.2, -0.15) is 4.73 Å². The van der Waals surface area contributed by atoms with Crippen molar-refractivity contribution < 1.29 is 67.5 Å². The number of amides is 2. The van der Waals surface area contributed by atoms with Crippen molar-refractivity contribution in [1.29, 1.82) is 0 Å². The van der Waals surface area contributed by atoms with Crippen LogP contribution in [0.2, 0.25) is 5.15 Å². The number of benzene rings is 1. The van der Waals surface area contributed by atoms with Crippen molar-refractivity contribution >= 4 is 35.0 Å². The van der Waals surface area contributed by atoms with Crippen molar-refractivity contribution in [1.82, 2.24) is 0 Å². The molecule has 27 heavy (non-hydrogen) atoms. The van der Waals surface area contributed by atoms with Crippen LogP contribution in [0.25, 0.3) is 5.73 Å². The maximum atomic E-state index is 14.3. The molecule has 1 aliphatic rings. The molecule has 0 saturated carbocycles. The Labute approximate surface area is 194 Å². The van der Waals surface area contributed by atoms with E-state index in [2.05, 4.69) is 5.32 Å². The first-order valence-corrected chi connectivity index (χ1v) is 7.89. The third kappa shape index (κ3) is 4.88. The fraction of sp³-hybridized carbons (Fsp3) is 0.188. The van der Waals surface area contributed by atoms with Gasteiger partial charge in [-0.1, -0.05) is 0 Å². The Balaban J connectivity index is 0.00000261. The molecule has 2 heterocycles. The minimum atomic E-state index is -0.842. The van der Waals surface area contributed by atoms with Crippen LogP contribution in [0.1, 0.15) is 10.4 Å². The summed E-state index contributed by atoms with van der Waals surface area (Å²) in [6.45, 7) is 0.0492. The molecule has 1 radical (unpaired) electrons. The number of hydrogen-bond donors (Lipinski definition) is 1. The fourth-order valence-electron chi connectivity index (χ4n) is 2.43. The second-order valence-electron chi connectivity index (χ2n) is 5.51. The number of carbonyl (C=O) groups is 2. The Morgan fingerprint density at radius 3 is 2.78 bits per heavy atom. The zero-order valence-electron chi connectivity index (χ0n) is 13.8. The van der Waals surface area contributed by atoms with Crippen molar-refractivity contribution in [2.75, 3.05) is 23.3 Å². The Hall–Kier alpha value is -1.47. The van der Waals surface area contributed by atoms with Crippen LogP contribution in [-0.2, 0) is 4.74 Å². The maximum absolute atomic E-state index is 14.3. The van der Waals surface area contributed by atoms with E-state index in [1.165, 1.54) is 29.2 Å². The molecule has 2 aromatic rings. The molecule has 0 spiro atoms. The van der Waals surface area contributed by atoms with Gasteiger partial charge >= 0.3 is 6.09 Å².